The number of halogens is 1. The Labute approximate surface area is 199 Å². The summed E-state index contributed by atoms with van der Waals surface area (Å²) >= 11 is 0. The summed E-state index contributed by atoms with van der Waals surface area (Å²) in [5, 5.41) is 3.54. The lowest BCUT2D eigenvalue weighted by Crippen LogP contribution is -2.54. The molecule has 1 aliphatic rings. The Morgan fingerprint density at radius 1 is 1.15 bits per heavy atom. The molecule has 1 N–H and O–H groups in total. The summed E-state index contributed by atoms with van der Waals surface area (Å²) in [5.74, 6) is 2.11. The molecule has 4 nitrogen and oxygen atoms in total. The molecule has 0 aromatic heterocycles. The third-order valence-corrected chi connectivity index (χ3v) is 6.62. The molecule has 1 atom stereocenters. The number of hydrogen-bond donors (Lipinski definition) is 1. The molecule has 0 amide bonds. The molecule has 0 radical (unpaired) electrons. The number of rotatable bonds is 10. The van der Waals surface area contributed by atoms with Gasteiger partial charge in [0.25, 0.3) is 0 Å². The number of benzene rings is 2. The van der Waals surface area contributed by atoms with Crippen LogP contribution in [0.15, 0.2) is 60.9 Å². The smallest absolute Gasteiger partial charge is 0.123 e. The first kappa shape index (κ1) is 25.1. The summed E-state index contributed by atoms with van der Waals surface area (Å²) in [6.45, 7) is 16.5. The molecule has 1 heterocycles. The maximum absolute atomic E-state index is 13.4. The normalized spacial score (nSPS) is 18.2. The fraction of sp³-hybridized carbons (Fsp3) is 0.500. The third kappa shape index (κ3) is 7.23. The lowest BCUT2D eigenvalue weighted by atomic mass is 9.86. The van der Waals surface area contributed by atoms with Crippen molar-refractivity contribution in [3.8, 4) is 5.75 Å². The van der Waals surface area contributed by atoms with Crippen LogP contribution >= 0.6 is 0 Å². The van der Waals surface area contributed by atoms with Crippen molar-refractivity contribution in [3.05, 3.63) is 77.9 Å². The van der Waals surface area contributed by atoms with Crippen molar-refractivity contribution in [2.75, 3.05) is 20.2 Å². The van der Waals surface area contributed by atoms with E-state index < -0.39 is 0 Å². The van der Waals surface area contributed by atoms with E-state index in [0.29, 0.717) is 25.0 Å². The van der Waals surface area contributed by atoms with E-state index in [1.807, 2.05) is 24.3 Å². The van der Waals surface area contributed by atoms with Gasteiger partial charge in [-0.2, -0.15) is 0 Å². The van der Waals surface area contributed by atoms with Crippen LogP contribution in [0.25, 0.3) is 0 Å². The van der Waals surface area contributed by atoms with Gasteiger partial charge in [0.05, 0.1) is 12.4 Å². The van der Waals surface area contributed by atoms with Crippen molar-refractivity contribution in [3.63, 3.8) is 0 Å². The number of likely N-dealkylation sites (tertiary alicyclic amines) is 1. The zero-order chi connectivity index (χ0) is 24.0. The van der Waals surface area contributed by atoms with Gasteiger partial charge in [-0.15, -0.1) is 0 Å². The Balaban J connectivity index is 1.67. The molecule has 33 heavy (non-hydrogen) atoms. The molecule has 1 fully saturated rings. The Kier molecular flexibility index (Phi) is 8.41. The average molecular weight is 454 g/mol. The van der Waals surface area contributed by atoms with E-state index >= 15 is 0 Å². The van der Waals surface area contributed by atoms with Crippen LogP contribution in [0, 0.1) is 11.7 Å². The summed E-state index contributed by atoms with van der Waals surface area (Å²) in [7, 11) is 2.20. The van der Waals surface area contributed by atoms with Crippen molar-refractivity contribution in [1.82, 2.24) is 15.1 Å². The van der Waals surface area contributed by atoms with E-state index in [4.69, 9.17) is 4.74 Å². The minimum Gasteiger partial charge on any atom is -0.493 e. The van der Waals surface area contributed by atoms with Crippen molar-refractivity contribution >= 4 is 0 Å². The van der Waals surface area contributed by atoms with Crippen molar-refractivity contribution in [2.45, 2.75) is 65.2 Å². The van der Waals surface area contributed by atoms with Gasteiger partial charge >= 0.3 is 0 Å². The predicted octanol–water partition coefficient (Wildman–Crippen LogP) is 5.80. The van der Waals surface area contributed by atoms with Crippen LogP contribution in [0.3, 0.4) is 0 Å². The van der Waals surface area contributed by atoms with E-state index in [1.54, 1.807) is 0 Å². The molecule has 0 aliphatic carbocycles. The molecule has 2 aromatic rings. The van der Waals surface area contributed by atoms with Gasteiger partial charge < -0.3 is 19.9 Å². The molecular formula is C28H40FN3O. The third-order valence-electron chi connectivity index (χ3n) is 6.62. The summed E-state index contributed by atoms with van der Waals surface area (Å²) in [6.07, 6.45) is 2.12. The molecule has 0 unspecified atom stereocenters. The maximum atomic E-state index is 13.4. The minimum absolute atomic E-state index is 0.121. The molecular weight excluding hydrogens is 413 g/mol. The van der Waals surface area contributed by atoms with E-state index in [2.05, 4.69) is 68.6 Å². The van der Waals surface area contributed by atoms with Gasteiger partial charge in [0.1, 0.15) is 11.6 Å². The van der Waals surface area contributed by atoms with Gasteiger partial charge in [-0.05, 0) is 75.0 Å². The summed E-state index contributed by atoms with van der Waals surface area (Å²) < 4.78 is 19.2. The van der Waals surface area contributed by atoms with Crippen LogP contribution in [-0.4, -0.2) is 41.6 Å². The van der Waals surface area contributed by atoms with Crippen molar-refractivity contribution in [2.24, 2.45) is 5.92 Å². The fourth-order valence-electron chi connectivity index (χ4n) is 4.25. The first-order valence-electron chi connectivity index (χ1n) is 12.0. The van der Waals surface area contributed by atoms with Gasteiger partial charge in [-0.25, -0.2) is 4.39 Å². The van der Waals surface area contributed by atoms with Crippen LogP contribution in [0.5, 0.6) is 5.75 Å². The summed E-state index contributed by atoms with van der Waals surface area (Å²) in [5.41, 5.74) is 2.39. The number of hydrogen-bond acceptors (Lipinski definition) is 4. The van der Waals surface area contributed by atoms with Crippen LogP contribution < -0.4 is 10.1 Å². The van der Waals surface area contributed by atoms with Gasteiger partial charge in [0.15, 0.2) is 0 Å². The van der Waals surface area contributed by atoms with Gasteiger partial charge in [0, 0.05) is 31.2 Å². The Bertz CT molecular complexity index is 892. The molecule has 2 aromatic carbocycles. The molecule has 1 saturated heterocycles. The van der Waals surface area contributed by atoms with Crippen LogP contribution in [-0.2, 0) is 13.1 Å². The SMILES string of the molecule is C=C(NCc1ccc(OCC(C)C)cc1)N(Cc1ccc(F)cc1)[C@@H]1CCN(C)C(C)(C)C1. The highest BCUT2D eigenvalue weighted by atomic mass is 19.1. The van der Waals surface area contributed by atoms with E-state index in [0.717, 1.165) is 43.1 Å². The fourth-order valence-corrected chi connectivity index (χ4v) is 4.25. The first-order valence-corrected chi connectivity index (χ1v) is 12.0. The van der Waals surface area contributed by atoms with E-state index in [1.165, 1.54) is 17.7 Å². The maximum Gasteiger partial charge on any atom is 0.123 e. The second-order valence-electron chi connectivity index (χ2n) is 10.3. The lowest BCUT2D eigenvalue weighted by molar-refractivity contribution is 0.0429. The van der Waals surface area contributed by atoms with Gasteiger partial charge in [-0.3, -0.25) is 0 Å². The number of nitrogens with zero attached hydrogens (tertiary/aromatic N) is 2. The summed E-state index contributed by atoms with van der Waals surface area (Å²) in [6, 6.07) is 15.4. The quantitative estimate of drug-likeness (QED) is 0.492. The number of piperidine rings is 1. The second-order valence-corrected chi connectivity index (χ2v) is 10.3. The number of nitrogens with one attached hydrogen (secondary N) is 1. The Hall–Kier alpha value is -2.53. The minimum atomic E-state index is -0.205. The monoisotopic (exact) mass is 453 g/mol. The largest absolute Gasteiger partial charge is 0.493 e. The molecule has 0 bridgehead atoms. The van der Waals surface area contributed by atoms with Crippen molar-refractivity contribution < 1.29 is 9.13 Å². The highest BCUT2D eigenvalue weighted by Crippen LogP contribution is 2.31. The Morgan fingerprint density at radius 3 is 2.39 bits per heavy atom. The van der Waals surface area contributed by atoms with Crippen LogP contribution in [0.1, 0.15) is 51.7 Å². The molecule has 3 rings (SSSR count). The van der Waals surface area contributed by atoms with Crippen molar-refractivity contribution in [1.29, 1.82) is 0 Å². The van der Waals surface area contributed by atoms with Gasteiger partial charge in [-0.1, -0.05) is 44.7 Å². The Morgan fingerprint density at radius 2 is 1.79 bits per heavy atom. The van der Waals surface area contributed by atoms with Gasteiger partial charge in [0.2, 0.25) is 0 Å². The second kappa shape index (κ2) is 11.1. The zero-order valence-electron chi connectivity index (χ0n) is 20.9. The molecule has 180 valence electrons. The highest BCUT2D eigenvalue weighted by molar-refractivity contribution is 5.27. The van der Waals surface area contributed by atoms with Crippen LogP contribution in [0.4, 0.5) is 4.39 Å². The standard InChI is InChI=1S/C28H40FN3O/c1-21(2)20-33-27-13-9-23(10-14-27)18-30-22(3)32(19-24-7-11-25(29)12-8-24)26-15-16-31(6)28(4,5)17-26/h7-14,21,26,30H,3,15-20H2,1-2,4-6H3/t26-/m1/s1. The molecule has 5 heteroatoms. The topological polar surface area (TPSA) is 27.7 Å². The summed E-state index contributed by atoms with van der Waals surface area (Å²) in [4.78, 5) is 4.79. The first-order chi connectivity index (χ1) is 15.6. The zero-order valence-corrected chi connectivity index (χ0v) is 20.9. The van der Waals surface area contributed by atoms with Crippen LogP contribution in [0.2, 0.25) is 0 Å². The molecule has 0 spiro atoms. The van der Waals surface area contributed by atoms with E-state index in [-0.39, 0.29) is 11.4 Å². The molecule has 1 aliphatic heterocycles. The lowest BCUT2D eigenvalue weighted by Gasteiger charge is -2.48. The van der Waals surface area contributed by atoms with E-state index in [9.17, 15) is 4.39 Å². The number of ether oxygens (including phenoxy) is 1. The predicted molar refractivity (Wildman–Crippen MR) is 134 cm³/mol. The average Bonchev–Trinajstić information content (AvgIpc) is 2.78. The highest BCUT2D eigenvalue weighted by Gasteiger charge is 2.35. The molecule has 0 saturated carbocycles.